The molecule has 0 saturated carbocycles. The largest absolute Gasteiger partial charge is 0.455 e. The third-order valence-electron chi connectivity index (χ3n) is 11.8. The van der Waals surface area contributed by atoms with E-state index in [4.69, 9.17) is 9.41 Å². The highest BCUT2D eigenvalue weighted by Crippen LogP contribution is 2.42. The van der Waals surface area contributed by atoms with E-state index in [1.54, 1.807) is 0 Å². The molecular formula is C53H36N4O. The molecular weight excluding hydrogens is 709 g/mol. The van der Waals surface area contributed by atoms with Gasteiger partial charge in [-0.2, -0.15) is 0 Å². The molecule has 9 aromatic carbocycles. The number of hydrogen-bond donors (Lipinski definition) is 2. The second-order valence-electron chi connectivity index (χ2n) is 15.2. The van der Waals surface area contributed by atoms with Gasteiger partial charge in [0.25, 0.3) is 0 Å². The lowest BCUT2D eigenvalue weighted by Crippen LogP contribution is -2.45. The minimum atomic E-state index is -0.237. The third-order valence-corrected chi connectivity index (χ3v) is 11.8. The van der Waals surface area contributed by atoms with Crippen LogP contribution in [0.2, 0.25) is 0 Å². The van der Waals surface area contributed by atoms with E-state index in [0.717, 1.165) is 66.7 Å². The fourth-order valence-corrected chi connectivity index (χ4v) is 9.13. The van der Waals surface area contributed by atoms with Crippen LogP contribution in [0.1, 0.15) is 29.0 Å². The summed E-state index contributed by atoms with van der Waals surface area (Å²) in [5, 5.41) is 17.0. The normalized spacial score (nSPS) is 15.8. The second kappa shape index (κ2) is 13.1. The Hall–Kier alpha value is -7.47. The number of hydrogen-bond acceptors (Lipinski definition) is 4. The number of amidine groups is 1. The summed E-state index contributed by atoms with van der Waals surface area (Å²) in [6, 6.07) is 69.2. The Morgan fingerprint density at radius 2 is 1.14 bits per heavy atom. The van der Waals surface area contributed by atoms with Gasteiger partial charge in [-0.3, -0.25) is 5.32 Å². The molecule has 5 nitrogen and oxygen atoms in total. The number of nitrogens with zero attached hydrogens (tertiary/aromatic N) is 2. The number of para-hydroxylation sites is 2. The van der Waals surface area contributed by atoms with Crippen molar-refractivity contribution < 1.29 is 4.42 Å². The highest BCUT2D eigenvalue weighted by molar-refractivity contribution is 6.24. The number of furan rings is 1. The zero-order valence-corrected chi connectivity index (χ0v) is 31.4. The molecule has 0 amide bonds. The summed E-state index contributed by atoms with van der Waals surface area (Å²) in [6.07, 6.45) is -0.379. The summed E-state index contributed by atoms with van der Waals surface area (Å²) < 4.78 is 9.35. The van der Waals surface area contributed by atoms with Crippen LogP contribution in [0.3, 0.4) is 0 Å². The number of fused-ring (bicyclic) bond motifs is 9. The molecule has 0 fully saturated rings. The Morgan fingerprint density at radius 3 is 1.93 bits per heavy atom. The van der Waals surface area contributed by atoms with Gasteiger partial charge in [0.15, 0.2) is 0 Å². The fraction of sp³-hybridized carbons (Fsp3) is 0.0377. The maximum Gasteiger partial charge on any atom is 0.146 e. The molecule has 0 bridgehead atoms. The molecule has 2 unspecified atom stereocenters. The molecule has 3 heterocycles. The summed E-state index contributed by atoms with van der Waals surface area (Å²) in [5.41, 5.74) is 10.6. The maximum absolute atomic E-state index is 6.96. The van der Waals surface area contributed by atoms with Crippen molar-refractivity contribution >= 4 is 71.1 Å². The van der Waals surface area contributed by atoms with E-state index in [-0.39, 0.29) is 12.3 Å². The first kappa shape index (κ1) is 32.7. The zero-order valence-electron chi connectivity index (χ0n) is 31.4. The zero-order chi connectivity index (χ0) is 38.2. The first-order valence-corrected chi connectivity index (χ1v) is 19.9. The van der Waals surface area contributed by atoms with Crippen LogP contribution in [-0.4, -0.2) is 10.4 Å². The first-order valence-electron chi connectivity index (χ1n) is 19.9. The van der Waals surface area contributed by atoms with Crippen molar-refractivity contribution in [3.05, 3.63) is 211 Å². The highest BCUT2D eigenvalue weighted by atomic mass is 16.3. The van der Waals surface area contributed by atoms with Crippen molar-refractivity contribution in [2.45, 2.75) is 12.3 Å². The molecule has 58 heavy (non-hydrogen) atoms. The average molecular weight is 745 g/mol. The predicted molar refractivity (Wildman–Crippen MR) is 240 cm³/mol. The Labute approximate surface area is 334 Å². The van der Waals surface area contributed by atoms with Gasteiger partial charge >= 0.3 is 0 Å². The smallest absolute Gasteiger partial charge is 0.146 e. The van der Waals surface area contributed by atoms with Crippen LogP contribution >= 0.6 is 0 Å². The van der Waals surface area contributed by atoms with Crippen LogP contribution < -0.4 is 10.6 Å². The highest BCUT2D eigenvalue weighted by Gasteiger charge is 2.27. The van der Waals surface area contributed by atoms with Crippen LogP contribution in [0, 0.1) is 0 Å². The van der Waals surface area contributed by atoms with Crippen molar-refractivity contribution in [1.82, 2.24) is 15.2 Å². The molecule has 274 valence electrons. The monoisotopic (exact) mass is 744 g/mol. The molecule has 2 N–H and O–H groups in total. The minimum absolute atomic E-state index is 0.143. The van der Waals surface area contributed by atoms with Crippen LogP contribution in [-0.2, 0) is 0 Å². The third kappa shape index (κ3) is 5.18. The lowest BCUT2D eigenvalue weighted by molar-refractivity contribution is 0.409. The van der Waals surface area contributed by atoms with Gasteiger partial charge in [0.05, 0.1) is 16.6 Å². The van der Waals surface area contributed by atoms with Crippen molar-refractivity contribution in [3.8, 4) is 16.8 Å². The summed E-state index contributed by atoms with van der Waals surface area (Å²) in [4.78, 5) is 5.26. The van der Waals surface area contributed by atoms with Crippen LogP contribution in [0.25, 0.3) is 82.1 Å². The van der Waals surface area contributed by atoms with Crippen LogP contribution in [0.4, 0.5) is 0 Å². The van der Waals surface area contributed by atoms with E-state index in [9.17, 15) is 0 Å². The Morgan fingerprint density at radius 1 is 0.483 bits per heavy atom. The molecule has 0 spiro atoms. The Balaban J connectivity index is 0.997. The van der Waals surface area contributed by atoms with Gasteiger partial charge in [-0.1, -0.05) is 152 Å². The molecule has 0 radical (unpaired) electrons. The topological polar surface area (TPSA) is 54.5 Å². The van der Waals surface area contributed by atoms with E-state index in [1.807, 2.05) is 12.1 Å². The number of benzene rings is 9. The molecule has 5 heteroatoms. The van der Waals surface area contributed by atoms with E-state index in [1.165, 1.54) is 38.0 Å². The SMILES string of the molecule is c1ccc(C2N=C(c3cccc4c3oc3cc(-c5ccc(-n6c7ccccc7c7cc8ccccc8cc76)cc5)c5ccccc5c34)NC(c3ccccc3)N2)cc1. The maximum atomic E-state index is 6.96. The van der Waals surface area contributed by atoms with Gasteiger partial charge in [0.2, 0.25) is 0 Å². The molecule has 1 aliphatic rings. The Kier molecular flexibility index (Phi) is 7.37. The number of aliphatic imine (C=N–C) groups is 1. The molecule has 2 aromatic heterocycles. The van der Waals surface area contributed by atoms with Crippen molar-refractivity contribution in [2.75, 3.05) is 0 Å². The molecule has 1 aliphatic heterocycles. The van der Waals surface area contributed by atoms with Crippen molar-refractivity contribution in [3.63, 3.8) is 0 Å². The summed E-state index contributed by atoms with van der Waals surface area (Å²) >= 11 is 0. The van der Waals surface area contributed by atoms with Crippen molar-refractivity contribution in [1.29, 1.82) is 0 Å². The van der Waals surface area contributed by atoms with Crippen molar-refractivity contribution in [2.24, 2.45) is 4.99 Å². The number of nitrogens with one attached hydrogen (secondary N) is 2. The molecule has 0 saturated heterocycles. The molecule has 2 atom stereocenters. The van der Waals surface area contributed by atoms with Gasteiger partial charge in [0.1, 0.15) is 29.3 Å². The predicted octanol–water partition coefficient (Wildman–Crippen LogP) is 13.0. The molecule has 11 aromatic rings. The lowest BCUT2D eigenvalue weighted by atomic mass is 9.94. The van der Waals surface area contributed by atoms with Gasteiger partial charge in [-0.05, 0) is 86.3 Å². The van der Waals surface area contributed by atoms with Gasteiger partial charge in [0, 0.05) is 27.2 Å². The van der Waals surface area contributed by atoms with E-state index >= 15 is 0 Å². The summed E-state index contributed by atoms with van der Waals surface area (Å²) in [5.74, 6) is 0.796. The quantitative estimate of drug-likeness (QED) is 0.184. The molecule has 12 rings (SSSR count). The summed E-state index contributed by atoms with van der Waals surface area (Å²) in [7, 11) is 0. The van der Waals surface area contributed by atoms with Crippen LogP contribution in [0.15, 0.2) is 204 Å². The standard InChI is InChI=1S/C53H36N4O/c1-3-14-34(15-4-1)51-54-52(35-16-5-2-6-17-35)56-53(55-51)43-24-13-23-42-49-41-22-10-9-20-39(41)44(32-48(49)58-50(42)43)33-26-28-38(29-27-33)57-46-25-12-11-21-40(46)45-30-36-18-7-8-19-37(36)31-47(45)57/h1-32,51-52,54H,(H,55,56). The van der Waals surface area contributed by atoms with Gasteiger partial charge in [-0.15, -0.1) is 0 Å². The average Bonchev–Trinajstić information content (AvgIpc) is 3.84. The molecule has 0 aliphatic carbocycles. The number of aromatic nitrogens is 1. The van der Waals surface area contributed by atoms with Gasteiger partial charge < -0.3 is 14.3 Å². The van der Waals surface area contributed by atoms with E-state index in [0.29, 0.717) is 0 Å². The van der Waals surface area contributed by atoms with Crippen LogP contribution in [0.5, 0.6) is 0 Å². The lowest BCUT2D eigenvalue weighted by Gasteiger charge is -2.32. The number of rotatable bonds is 5. The Bertz CT molecular complexity index is 3400. The first-order chi connectivity index (χ1) is 28.7. The minimum Gasteiger partial charge on any atom is -0.455 e. The van der Waals surface area contributed by atoms with Gasteiger partial charge in [-0.25, -0.2) is 4.99 Å². The second-order valence-corrected chi connectivity index (χ2v) is 15.2. The fourth-order valence-electron chi connectivity index (χ4n) is 9.13. The summed E-state index contributed by atoms with van der Waals surface area (Å²) in [6.45, 7) is 0. The van der Waals surface area contributed by atoms with E-state index < -0.39 is 0 Å². The van der Waals surface area contributed by atoms with E-state index in [2.05, 4.69) is 197 Å².